The van der Waals surface area contributed by atoms with E-state index in [0.717, 1.165) is 47.8 Å². The van der Waals surface area contributed by atoms with Gasteiger partial charge in [-0.15, -0.1) is 0 Å². The van der Waals surface area contributed by atoms with Gasteiger partial charge in [-0.3, -0.25) is 10.8 Å². The maximum Gasteiger partial charge on any atom is 0.422 e. The second-order valence-corrected chi connectivity index (χ2v) is 11.8. The second-order valence-electron chi connectivity index (χ2n) is 10.3. The summed E-state index contributed by atoms with van der Waals surface area (Å²) in [7, 11) is -4.33. The number of anilines is 1. The third-order valence-electron chi connectivity index (χ3n) is 7.51. The number of carbonyl (C=O) groups is 1. The summed E-state index contributed by atoms with van der Waals surface area (Å²) >= 11 is 0. The predicted octanol–water partition coefficient (Wildman–Crippen LogP) is 4.06. The van der Waals surface area contributed by atoms with Crippen LogP contribution in [0, 0.1) is 10.8 Å². The Morgan fingerprint density at radius 3 is 2.46 bits per heavy atom. The van der Waals surface area contributed by atoms with Crippen molar-refractivity contribution in [3.63, 3.8) is 0 Å². The van der Waals surface area contributed by atoms with Crippen LogP contribution < -0.4 is 19.5 Å². The third kappa shape index (κ3) is 5.92. The average molecular weight is 579 g/mol. The fraction of sp³-hybridized carbons (Fsp3) is 0.345. The number of piperidine rings is 1. The summed E-state index contributed by atoms with van der Waals surface area (Å²) < 4.78 is 41.5. The van der Waals surface area contributed by atoms with Crippen LogP contribution in [0.4, 0.5) is 10.5 Å². The van der Waals surface area contributed by atoms with E-state index in [-0.39, 0.29) is 18.5 Å². The van der Waals surface area contributed by atoms with E-state index in [2.05, 4.69) is 0 Å². The first-order chi connectivity index (χ1) is 19.6. The molecule has 1 amide bonds. The van der Waals surface area contributed by atoms with Crippen LogP contribution in [-0.4, -0.2) is 56.9 Å². The first kappa shape index (κ1) is 28.2. The Hall–Kier alpha value is -4.32. The SMILES string of the molecule is CCOC(=O)NS(=O)(=O)N1c2ccc(OC3CCN(C(C)=N)CC3)cc2CC1c1ccc2ccc(C(=N)N)cc2c1. The van der Waals surface area contributed by atoms with Crippen LogP contribution in [0.2, 0.25) is 0 Å². The molecule has 0 aromatic heterocycles. The molecule has 216 valence electrons. The summed E-state index contributed by atoms with van der Waals surface area (Å²) in [6.45, 7) is 4.93. The monoisotopic (exact) mass is 578 g/mol. The molecular weight excluding hydrogens is 544 g/mol. The van der Waals surface area contributed by atoms with Crippen molar-refractivity contribution >= 4 is 44.4 Å². The number of amidine groups is 2. The standard InChI is InChI=1S/C29H34N6O5S/c1-3-39-29(36)33-41(37,38)35-26-9-8-25(40-24-10-12-34(13-11-24)18(2)30)16-23(26)17-27(35)20-6-4-19-5-7-21(28(31)32)15-22(19)14-20/h4-9,14-16,24,27,30H,3,10-13,17H2,1-2H3,(H3,31,32)(H,33,36). The lowest BCUT2D eigenvalue weighted by Crippen LogP contribution is -2.44. The fourth-order valence-corrected chi connectivity index (χ4v) is 6.82. The van der Waals surface area contributed by atoms with Gasteiger partial charge in [-0.25, -0.2) is 13.8 Å². The summed E-state index contributed by atoms with van der Waals surface area (Å²) in [4.78, 5) is 14.2. The van der Waals surface area contributed by atoms with Crippen LogP contribution in [0.3, 0.4) is 0 Å². The van der Waals surface area contributed by atoms with Crippen LogP contribution >= 0.6 is 0 Å². The number of fused-ring (bicyclic) bond motifs is 2. The number of rotatable bonds is 7. The first-order valence-electron chi connectivity index (χ1n) is 13.5. The number of carbonyl (C=O) groups excluding carboxylic acids is 1. The average Bonchev–Trinajstić information content (AvgIpc) is 3.32. The zero-order valence-corrected chi connectivity index (χ0v) is 23.8. The minimum Gasteiger partial charge on any atom is -0.490 e. The highest BCUT2D eigenvalue weighted by atomic mass is 32.2. The van der Waals surface area contributed by atoms with Crippen LogP contribution in [0.1, 0.15) is 49.4 Å². The number of hydrogen-bond acceptors (Lipinski definition) is 7. The van der Waals surface area contributed by atoms with Gasteiger partial charge in [0.1, 0.15) is 17.7 Å². The Labute approximate surface area is 239 Å². The summed E-state index contributed by atoms with van der Waals surface area (Å²) in [5.41, 5.74) is 8.21. The molecule has 0 spiro atoms. The molecule has 12 heteroatoms. The van der Waals surface area contributed by atoms with Crippen molar-refractivity contribution in [2.45, 2.75) is 45.3 Å². The number of nitrogens with zero attached hydrogens (tertiary/aromatic N) is 2. The molecular formula is C29H34N6O5S. The van der Waals surface area contributed by atoms with Crippen molar-refractivity contribution in [2.24, 2.45) is 5.73 Å². The Bertz CT molecular complexity index is 1620. The molecule has 2 heterocycles. The minimum atomic E-state index is -4.33. The predicted molar refractivity (Wildman–Crippen MR) is 158 cm³/mol. The molecule has 2 aliphatic rings. The molecule has 41 heavy (non-hydrogen) atoms. The maximum atomic E-state index is 13.6. The third-order valence-corrected chi connectivity index (χ3v) is 8.90. The quantitative estimate of drug-likeness (QED) is 0.243. The largest absolute Gasteiger partial charge is 0.490 e. The van der Waals surface area contributed by atoms with Crippen molar-refractivity contribution < 1.29 is 22.7 Å². The van der Waals surface area contributed by atoms with E-state index in [4.69, 9.17) is 26.0 Å². The van der Waals surface area contributed by atoms with Gasteiger partial charge in [-0.1, -0.05) is 24.3 Å². The van der Waals surface area contributed by atoms with Crippen molar-refractivity contribution in [3.8, 4) is 5.75 Å². The Kier molecular flexibility index (Phi) is 7.76. The Morgan fingerprint density at radius 1 is 1.05 bits per heavy atom. The molecule has 1 unspecified atom stereocenters. The topological polar surface area (TPSA) is 162 Å². The van der Waals surface area contributed by atoms with Gasteiger partial charge in [-0.2, -0.15) is 8.42 Å². The van der Waals surface area contributed by atoms with E-state index in [1.807, 2.05) is 40.0 Å². The molecule has 1 fully saturated rings. The molecule has 1 saturated heterocycles. The van der Waals surface area contributed by atoms with Gasteiger partial charge in [0.25, 0.3) is 0 Å². The van der Waals surface area contributed by atoms with Crippen LogP contribution in [0.25, 0.3) is 10.8 Å². The van der Waals surface area contributed by atoms with E-state index in [0.29, 0.717) is 29.3 Å². The number of nitrogen functional groups attached to an aromatic ring is 1. The van der Waals surface area contributed by atoms with Gasteiger partial charge in [0.05, 0.1) is 24.2 Å². The van der Waals surface area contributed by atoms with Gasteiger partial charge in [0, 0.05) is 37.9 Å². The van der Waals surface area contributed by atoms with E-state index in [1.165, 1.54) is 4.31 Å². The first-order valence-corrected chi connectivity index (χ1v) is 15.0. The molecule has 5 N–H and O–H groups in total. The lowest BCUT2D eigenvalue weighted by atomic mass is 9.98. The molecule has 5 rings (SSSR count). The van der Waals surface area contributed by atoms with Crippen LogP contribution in [-0.2, 0) is 21.4 Å². The summed E-state index contributed by atoms with van der Waals surface area (Å²) in [6, 6.07) is 15.8. The van der Waals surface area contributed by atoms with Crippen molar-refractivity contribution in [2.75, 3.05) is 24.0 Å². The Balaban J connectivity index is 1.48. The second kappa shape index (κ2) is 11.3. The fourth-order valence-electron chi connectivity index (χ4n) is 5.48. The molecule has 0 bridgehead atoms. The molecule has 0 aliphatic carbocycles. The van der Waals surface area contributed by atoms with Crippen molar-refractivity contribution in [1.29, 1.82) is 10.8 Å². The summed E-state index contributed by atoms with van der Waals surface area (Å²) in [5, 5.41) is 17.4. The van der Waals surface area contributed by atoms with E-state index >= 15 is 0 Å². The maximum absolute atomic E-state index is 13.6. The van der Waals surface area contributed by atoms with Gasteiger partial charge < -0.3 is 20.1 Å². The lowest BCUT2D eigenvalue weighted by molar-refractivity contribution is 0.130. The summed E-state index contributed by atoms with van der Waals surface area (Å²) in [5.74, 6) is 1.14. The van der Waals surface area contributed by atoms with E-state index in [9.17, 15) is 13.2 Å². The van der Waals surface area contributed by atoms with Gasteiger partial charge in [0.15, 0.2) is 0 Å². The zero-order chi connectivity index (χ0) is 29.3. The highest BCUT2D eigenvalue weighted by Crippen LogP contribution is 2.44. The highest BCUT2D eigenvalue weighted by molar-refractivity contribution is 7.91. The van der Waals surface area contributed by atoms with Gasteiger partial charge >= 0.3 is 16.3 Å². The van der Waals surface area contributed by atoms with Gasteiger partial charge in [-0.05, 0) is 66.1 Å². The van der Waals surface area contributed by atoms with Crippen LogP contribution in [0.5, 0.6) is 5.75 Å². The number of nitrogens with one attached hydrogen (secondary N) is 3. The highest BCUT2D eigenvalue weighted by Gasteiger charge is 2.40. The number of benzene rings is 3. The molecule has 0 saturated carbocycles. The normalized spacial score (nSPS) is 17.3. The smallest absolute Gasteiger partial charge is 0.422 e. The molecule has 3 aromatic rings. The van der Waals surface area contributed by atoms with Crippen LogP contribution in [0.15, 0.2) is 54.6 Å². The van der Waals surface area contributed by atoms with E-state index in [1.54, 1.807) is 38.1 Å². The molecule has 2 aliphatic heterocycles. The van der Waals surface area contributed by atoms with Gasteiger partial charge in [0.2, 0.25) is 0 Å². The van der Waals surface area contributed by atoms with Crippen molar-refractivity contribution in [3.05, 3.63) is 71.3 Å². The summed E-state index contributed by atoms with van der Waals surface area (Å²) in [6.07, 6.45) is 0.899. The number of nitrogens with two attached hydrogens (primary N) is 1. The molecule has 11 nitrogen and oxygen atoms in total. The number of likely N-dealkylation sites (tertiary alicyclic amines) is 1. The zero-order valence-electron chi connectivity index (χ0n) is 23.0. The Morgan fingerprint density at radius 2 is 1.78 bits per heavy atom. The number of ether oxygens (including phenoxy) is 2. The molecule has 1 atom stereocenters. The number of amides is 1. The molecule has 0 radical (unpaired) electrons. The van der Waals surface area contributed by atoms with E-state index < -0.39 is 22.3 Å². The molecule has 3 aromatic carbocycles. The van der Waals surface area contributed by atoms with Crippen molar-refractivity contribution in [1.82, 2.24) is 9.62 Å². The lowest BCUT2D eigenvalue weighted by Gasteiger charge is -2.33. The minimum absolute atomic E-state index is 0.00197. The number of hydrogen-bond donors (Lipinski definition) is 4.